The Morgan fingerprint density at radius 2 is 1.83 bits per heavy atom. The van der Waals surface area contributed by atoms with Crippen molar-refractivity contribution in [2.24, 2.45) is 17.6 Å². The molecule has 2 aliphatic carbocycles. The van der Waals surface area contributed by atoms with Crippen molar-refractivity contribution in [3.63, 3.8) is 0 Å². The van der Waals surface area contributed by atoms with Crippen molar-refractivity contribution in [2.75, 3.05) is 6.54 Å². The van der Waals surface area contributed by atoms with Crippen LogP contribution in [0.25, 0.3) is 0 Å². The third-order valence-electron chi connectivity index (χ3n) is 5.79. The van der Waals surface area contributed by atoms with Crippen LogP contribution in [0.15, 0.2) is 12.4 Å². The number of hydrogen-bond acceptors (Lipinski definition) is 5. The molecule has 3 N–H and O–H groups in total. The van der Waals surface area contributed by atoms with E-state index in [4.69, 9.17) is 5.73 Å². The SMILES string of the molecule is NC(=O)CCN1C=CN(C2CCC3CCCCC3C2)C1S(=O)(=O)O. The van der Waals surface area contributed by atoms with E-state index in [1.54, 1.807) is 17.3 Å². The number of nitrogens with zero attached hydrogens (tertiary/aromatic N) is 2. The third-order valence-corrected chi connectivity index (χ3v) is 6.83. The first-order valence-corrected chi connectivity index (χ1v) is 10.3. The maximum atomic E-state index is 11.9. The smallest absolute Gasteiger partial charge is 0.306 e. The number of primary amides is 1. The minimum Gasteiger partial charge on any atom is -0.370 e. The van der Waals surface area contributed by atoms with E-state index in [1.165, 1.54) is 30.6 Å². The number of fused-ring (bicyclic) bond motifs is 1. The van der Waals surface area contributed by atoms with Crippen molar-refractivity contribution in [1.82, 2.24) is 9.80 Å². The number of hydrogen-bond donors (Lipinski definition) is 2. The van der Waals surface area contributed by atoms with E-state index < -0.39 is 21.5 Å². The summed E-state index contributed by atoms with van der Waals surface area (Å²) in [4.78, 5) is 14.3. The lowest BCUT2D eigenvalue weighted by molar-refractivity contribution is -0.118. The van der Waals surface area contributed by atoms with Gasteiger partial charge in [-0.05, 0) is 31.1 Å². The highest BCUT2D eigenvalue weighted by molar-refractivity contribution is 7.86. The number of carbonyl (C=O) groups excluding carboxylic acids is 1. The highest BCUT2D eigenvalue weighted by Gasteiger charge is 2.43. The van der Waals surface area contributed by atoms with Crippen LogP contribution < -0.4 is 5.73 Å². The first-order chi connectivity index (χ1) is 11.4. The highest BCUT2D eigenvalue weighted by Crippen LogP contribution is 2.43. The van der Waals surface area contributed by atoms with Crippen LogP contribution in [-0.4, -0.2) is 46.8 Å². The maximum Gasteiger partial charge on any atom is 0.306 e. The molecule has 0 saturated heterocycles. The molecule has 136 valence electrons. The van der Waals surface area contributed by atoms with Gasteiger partial charge in [0.2, 0.25) is 11.4 Å². The van der Waals surface area contributed by atoms with Crippen LogP contribution in [0.2, 0.25) is 0 Å². The average Bonchev–Trinajstić information content (AvgIpc) is 2.96. The van der Waals surface area contributed by atoms with Crippen LogP contribution in [-0.2, 0) is 14.9 Å². The van der Waals surface area contributed by atoms with Crippen molar-refractivity contribution < 1.29 is 17.8 Å². The molecular weight excluding hydrogens is 330 g/mol. The molecule has 2 fully saturated rings. The largest absolute Gasteiger partial charge is 0.370 e. The second kappa shape index (κ2) is 6.92. The average molecular weight is 357 g/mol. The Balaban J connectivity index is 1.72. The number of nitrogens with two attached hydrogens (primary N) is 1. The molecule has 7 nitrogen and oxygen atoms in total. The Morgan fingerprint density at radius 1 is 1.12 bits per heavy atom. The van der Waals surface area contributed by atoms with Gasteiger partial charge in [-0.3, -0.25) is 9.35 Å². The van der Waals surface area contributed by atoms with Crippen LogP contribution in [0.5, 0.6) is 0 Å². The van der Waals surface area contributed by atoms with Gasteiger partial charge in [-0.2, -0.15) is 8.42 Å². The van der Waals surface area contributed by atoms with Crippen molar-refractivity contribution in [3.05, 3.63) is 12.4 Å². The summed E-state index contributed by atoms with van der Waals surface area (Å²) in [7, 11) is -4.29. The fourth-order valence-electron chi connectivity index (χ4n) is 4.65. The lowest BCUT2D eigenvalue weighted by Gasteiger charge is -2.44. The molecule has 4 atom stereocenters. The van der Waals surface area contributed by atoms with Crippen LogP contribution in [0.3, 0.4) is 0 Å². The maximum absolute atomic E-state index is 11.9. The Hall–Kier alpha value is -1.28. The van der Waals surface area contributed by atoms with E-state index in [0.29, 0.717) is 5.92 Å². The van der Waals surface area contributed by atoms with E-state index in [9.17, 15) is 17.8 Å². The van der Waals surface area contributed by atoms with Crippen molar-refractivity contribution in [1.29, 1.82) is 0 Å². The Bertz CT molecular complexity index is 606. The lowest BCUT2D eigenvalue weighted by Crippen LogP contribution is -2.51. The second-order valence-corrected chi connectivity index (χ2v) is 8.76. The van der Waals surface area contributed by atoms with Gasteiger partial charge in [0.05, 0.1) is 0 Å². The fraction of sp³-hybridized carbons (Fsp3) is 0.812. The highest BCUT2D eigenvalue weighted by atomic mass is 32.2. The van der Waals surface area contributed by atoms with Gasteiger partial charge in [0.1, 0.15) is 0 Å². The second-order valence-electron chi connectivity index (χ2n) is 7.31. The standard InChI is InChI=1S/C16H27N3O4S/c17-15(20)7-8-18-9-10-19(16(18)24(21,22)23)14-6-5-12-3-1-2-4-13(12)11-14/h9-10,12-14,16H,1-8,11H2,(H2,17,20)(H,21,22,23). The van der Waals surface area contributed by atoms with Gasteiger partial charge in [-0.1, -0.05) is 25.7 Å². The molecule has 0 aromatic carbocycles. The van der Waals surface area contributed by atoms with Crippen LogP contribution in [0.1, 0.15) is 51.4 Å². The number of rotatable bonds is 5. The fourth-order valence-corrected chi connectivity index (χ4v) is 5.72. The van der Waals surface area contributed by atoms with Crippen molar-refractivity contribution in [3.8, 4) is 0 Å². The summed E-state index contributed by atoms with van der Waals surface area (Å²) < 4.78 is 33.6. The van der Waals surface area contributed by atoms with Gasteiger partial charge >= 0.3 is 10.1 Å². The van der Waals surface area contributed by atoms with Crippen LogP contribution in [0, 0.1) is 11.8 Å². The van der Waals surface area contributed by atoms with Gasteiger partial charge in [0.25, 0.3) is 0 Å². The minimum atomic E-state index is -4.29. The van der Waals surface area contributed by atoms with E-state index in [0.717, 1.165) is 25.2 Å². The molecule has 1 aliphatic heterocycles. The molecule has 1 amide bonds. The molecule has 8 heteroatoms. The summed E-state index contributed by atoms with van der Waals surface area (Å²) in [6, 6.07) is 0.117. The number of amides is 1. The first-order valence-electron chi connectivity index (χ1n) is 8.82. The zero-order chi connectivity index (χ0) is 17.3. The van der Waals surface area contributed by atoms with E-state index in [-0.39, 0.29) is 19.0 Å². The predicted octanol–water partition coefficient (Wildman–Crippen LogP) is 1.48. The molecular formula is C16H27N3O4S. The van der Waals surface area contributed by atoms with Crippen molar-refractivity contribution in [2.45, 2.75) is 62.9 Å². The van der Waals surface area contributed by atoms with Gasteiger partial charge in [-0.15, -0.1) is 0 Å². The zero-order valence-corrected chi connectivity index (χ0v) is 14.7. The molecule has 2 saturated carbocycles. The Kier molecular flexibility index (Phi) is 5.05. The molecule has 0 spiro atoms. The van der Waals surface area contributed by atoms with Gasteiger partial charge in [-0.25, -0.2) is 0 Å². The lowest BCUT2D eigenvalue weighted by atomic mass is 9.69. The monoisotopic (exact) mass is 357 g/mol. The van der Waals surface area contributed by atoms with E-state index >= 15 is 0 Å². The summed E-state index contributed by atoms with van der Waals surface area (Å²) in [6.45, 7) is 0.186. The van der Waals surface area contributed by atoms with E-state index in [1.807, 2.05) is 0 Å². The zero-order valence-electron chi connectivity index (χ0n) is 13.9. The summed E-state index contributed by atoms with van der Waals surface area (Å²) in [5, 5.41) is 0. The Labute approximate surface area is 143 Å². The van der Waals surface area contributed by atoms with Gasteiger partial charge < -0.3 is 15.5 Å². The summed E-state index contributed by atoms with van der Waals surface area (Å²) in [5.74, 6) is 0.947. The predicted molar refractivity (Wildman–Crippen MR) is 89.9 cm³/mol. The van der Waals surface area contributed by atoms with Crippen LogP contribution >= 0.6 is 0 Å². The van der Waals surface area contributed by atoms with Gasteiger partial charge in [0.15, 0.2) is 0 Å². The quantitative estimate of drug-likeness (QED) is 0.722. The molecule has 24 heavy (non-hydrogen) atoms. The number of carbonyl (C=O) groups is 1. The van der Waals surface area contributed by atoms with E-state index in [2.05, 4.69) is 0 Å². The normalized spacial score (nSPS) is 33.5. The molecule has 0 aromatic rings. The molecule has 0 bridgehead atoms. The Morgan fingerprint density at radius 3 is 2.50 bits per heavy atom. The summed E-state index contributed by atoms with van der Waals surface area (Å²) in [5.41, 5.74) is 4.02. The molecule has 3 aliphatic rings. The van der Waals surface area contributed by atoms with Crippen molar-refractivity contribution >= 4 is 16.0 Å². The molecule has 0 radical (unpaired) electrons. The van der Waals surface area contributed by atoms with Gasteiger partial charge in [0, 0.05) is 31.4 Å². The summed E-state index contributed by atoms with van der Waals surface area (Å²) >= 11 is 0. The topological polar surface area (TPSA) is 104 Å². The third kappa shape index (κ3) is 3.69. The molecule has 1 heterocycles. The molecule has 4 unspecified atom stereocenters. The molecule has 0 aromatic heterocycles. The van der Waals surface area contributed by atoms with Crippen LogP contribution in [0.4, 0.5) is 0 Å². The minimum absolute atomic E-state index is 0.0551. The first kappa shape index (κ1) is 17.5. The summed E-state index contributed by atoms with van der Waals surface area (Å²) in [6.07, 6.45) is 11.6. The molecule has 3 rings (SSSR count).